The summed E-state index contributed by atoms with van der Waals surface area (Å²) < 4.78 is 10.5. The molecule has 0 atom stereocenters. The molecule has 0 radical (unpaired) electrons. The van der Waals surface area contributed by atoms with Gasteiger partial charge < -0.3 is 14.6 Å². The van der Waals surface area contributed by atoms with Crippen LogP contribution >= 0.6 is 0 Å². The first-order valence-corrected chi connectivity index (χ1v) is 7.60. The lowest BCUT2D eigenvalue weighted by molar-refractivity contribution is -0.147. The number of methoxy groups -OCH3 is 1. The van der Waals surface area contributed by atoms with Crippen molar-refractivity contribution in [3.63, 3.8) is 0 Å². The Balaban J connectivity index is 2.29. The van der Waals surface area contributed by atoms with Crippen LogP contribution in [0.15, 0.2) is 18.2 Å². The lowest BCUT2D eigenvalue weighted by Crippen LogP contribution is -2.42. The number of hydrogen-bond acceptors (Lipinski definition) is 4. The fraction of sp³-hybridized carbons (Fsp3) is 0.529. The van der Waals surface area contributed by atoms with E-state index in [0.717, 1.165) is 6.42 Å². The van der Waals surface area contributed by atoms with Crippen LogP contribution < -0.4 is 10.1 Å². The summed E-state index contributed by atoms with van der Waals surface area (Å²) in [6.45, 7) is 5.32. The zero-order valence-electron chi connectivity index (χ0n) is 13.9. The zero-order chi connectivity index (χ0) is 17.3. The van der Waals surface area contributed by atoms with Gasteiger partial charge in [0.2, 0.25) is 0 Å². The van der Waals surface area contributed by atoms with E-state index in [-0.39, 0.29) is 0 Å². The van der Waals surface area contributed by atoms with Crippen molar-refractivity contribution in [1.29, 1.82) is 0 Å². The molecule has 2 N–H and O–H groups in total. The minimum atomic E-state index is -0.864. The van der Waals surface area contributed by atoms with Gasteiger partial charge in [-0.15, -0.1) is 0 Å². The fourth-order valence-electron chi connectivity index (χ4n) is 2.67. The molecule has 0 spiro atoms. The largest absolute Gasteiger partial charge is 0.495 e. The van der Waals surface area contributed by atoms with Gasteiger partial charge in [-0.3, -0.25) is 10.1 Å². The van der Waals surface area contributed by atoms with Crippen molar-refractivity contribution >= 4 is 17.7 Å². The maximum absolute atomic E-state index is 12.0. The Morgan fingerprint density at radius 2 is 1.91 bits per heavy atom. The quantitative estimate of drug-likeness (QED) is 0.886. The van der Waals surface area contributed by atoms with E-state index >= 15 is 0 Å². The highest BCUT2D eigenvalue weighted by molar-refractivity contribution is 5.88. The molecular formula is C17H23NO5. The lowest BCUT2D eigenvalue weighted by Gasteiger charge is -2.38. The maximum atomic E-state index is 12.0. The number of rotatable bonds is 4. The maximum Gasteiger partial charge on any atom is 0.412 e. The molecule has 0 saturated heterocycles. The average molecular weight is 321 g/mol. The van der Waals surface area contributed by atoms with Gasteiger partial charge in [-0.1, -0.05) is 12.5 Å². The molecule has 1 aliphatic rings. The molecule has 1 aromatic rings. The highest BCUT2D eigenvalue weighted by Crippen LogP contribution is 2.45. The number of aliphatic carboxylic acids is 1. The smallest absolute Gasteiger partial charge is 0.412 e. The first-order chi connectivity index (χ1) is 10.7. The van der Waals surface area contributed by atoms with Gasteiger partial charge in [0.05, 0.1) is 18.2 Å². The van der Waals surface area contributed by atoms with Crippen LogP contribution in [0.4, 0.5) is 10.5 Å². The van der Waals surface area contributed by atoms with Gasteiger partial charge in [-0.2, -0.15) is 0 Å². The Bertz CT molecular complexity index is 614. The Morgan fingerprint density at radius 3 is 2.35 bits per heavy atom. The summed E-state index contributed by atoms with van der Waals surface area (Å²) >= 11 is 0. The number of carbonyl (C=O) groups excluding carboxylic acids is 1. The molecular weight excluding hydrogens is 298 g/mol. The van der Waals surface area contributed by atoms with E-state index in [1.54, 1.807) is 39.0 Å². The number of hydrogen-bond donors (Lipinski definition) is 2. The molecule has 0 heterocycles. The molecule has 23 heavy (non-hydrogen) atoms. The topological polar surface area (TPSA) is 84.9 Å². The second-order valence-corrected chi connectivity index (χ2v) is 6.78. The predicted octanol–water partition coefficient (Wildman–Crippen LogP) is 3.55. The number of carbonyl (C=O) groups is 2. The molecule has 0 bridgehead atoms. The molecule has 6 nitrogen and oxygen atoms in total. The summed E-state index contributed by atoms with van der Waals surface area (Å²) in [5, 5.41) is 12.2. The van der Waals surface area contributed by atoms with Gasteiger partial charge in [0.15, 0.2) is 0 Å². The van der Waals surface area contributed by atoms with E-state index in [1.807, 2.05) is 0 Å². The van der Waals surface area contributed by atoms with Crippen LogP contribution in [0, 0.1) is 0 Å². The number of carboxylic acids is 1. The molecule has 126 valence electrons. The standard InChI is InChI=1S/C17H23NO5/c1-16(2,3)23-15(21)18-12-10-11(6-7-13(12)22-4)17(14(19)20)8-5-9-17/h6-7,10H,5,8-9H2,1-4H3,(H,18,21)(H,19,20). The van der Waals surface area contributed by atoms with E-state index in [4.69, 9.17) is 9.47 Å². The molecule has 1 fully saturated rings. The van der Waals surface area contributed by atoms with E-state index < -0.39 is 23.1 Å². The summed E-state index contributed by atoms with van der Waals surface area (Å²) in [7, 11) is 1.49. The number of carboxylic acid groups (broad SMARTS) is 1. The van der Waals surface area contributed by atoms with Gasteiger partial charge >= 0.3 is 12.1 Å². The predicted molar refractivity (Wildman–Crippen MR) is 86.0 cm³/mol. The summed E-state index contributed by atoms with van der Waals surface area (Å²) in [5.74, 6) is -0.378. The van der Waals surface area contributed by atoms with Crippen LogP contribution in [0.1, 0.15) is 45.6 Å². The zero-order valence-corrected chi connectivity index (χ0v) is 13.9. The summed E-state index contributed by atoms with van der Waals surface area (Å²) in [6, 6.07) is 5.08. The molecule has 0 aromatic heterocycles. The van der Waals surface area contributed by atoms with Crippen LogP contribution in [0.25, 0.3) is 0 Å². The minimum absolute atomic E-state index is 0.409. The van der Waals surface area contributed by atoms with Gasteiger partial charge in [0.1, 0.15) is 11.4 Å². The number of nitrogens with one attached hydrogen (secondary N) is 1. The number of benzene rings is 1. The Labute approximate surface area is 135 Å². The minimum Gasteiger partial charge on any atom is -0.495 e. The van der Waals surface area contributed by atoms with Crippen molar-refractivity contribution in [3.05, 3.63) is 23.8 Å². The van der Waals surface area contributed by atoms with Gasteiger partial charge in [-0.25, -0.2) is 4.79 Å². The molecule has 0 aliphatic heterocycles. The normalized spacial score (nSPS) is 16.2. The lowest BCUT2D eigenvalue weighted by atomic mass is 9.64. The van der Waals surface area contributed by atoms with Crippen LogP contribution in [0.3, 0.4) is 0 Å². The van der Waals surface area contributed by atoms with Crippen LogP contribution in [-0.2, 0) is 14.9 Å². The van der Waals surface area contributed by atoms with Crippen molar-refractivity contribution in [1.82, 2.24) is 0 Å². The average Bonchev–Trinajstić information content (AvgIpc) is 2.34. The first-order valence-electron chi connectivity index (χ1n) is 7.60. The van der Waals surface area contributed by atoms with Crippen molar-refractivity contribution in [2.24, 2.45) is 0 Å². The number of anilines is 1. The first kappa shape index (κ1) is 17.1. The van der Waals surface area contributed by atoms with Crippen molar-refractivity contribution < 1.29 is 24.2 Å². The van der Waals surface area contributed by atoms with Crippen LogP contribution in [0.5, 0.6) is 5.75 Å². The van der Waals surface area contributed by atoms with E-state index in [1.165, 1.54) is 7.11 Å². The second kappa shape index (κ2) is 6.10. The number of amides is 1. The number of ether oxygens (including phenoxy) is 2. The van der Waals surface area contributed by atoms with Gasteiger partial charge in [0, 0.05) is 0 Å². The molecule has 6 heteroatoms. The monoisotopic (exact) mass is 321 g/mol. The Hall–Kier alpha value is -2.24. The van der Waals surface area contributed by atoms with E-state index in [0.29, 0.717) is 29.8 Å². The molecule has 1 aromatic carbocycles. The van der Waals surface area contributed by atoms with Crippen molar-refractivity contribution in [2.45, 2.75) is 51.0 Å². The third kappa shape index (κ3) is 3.57. The summed E-state index contributed by atoms with van der Waals surface area (Å²) in [6.07, 6.45) is 1.47. The van der Waals surface area contributed by atoms with Crippen LogP contribution in [-0.4, -0.2) is 29.9 Å². The van der Waals surface area contributed by atoms with E-state index in [9.17, 15) is 14.7 Å². The Morgan fingerprint density at radius 1 is 1.26 bits per heavy atom. The highest BCUT2D eigenvalue weighted by Gasteiger charge is 2.46. The molecule has 2 rings (SSSR count). The molecule has 1 saturated carbocycles. The third-order valence-corrected chi connectivity index (χ3v) is 4.00. The van der Waals surface area contributed by atoms with Crippen molar-refractivity contribution in [2.75, 3.05) is 12.4 Å². The van der Waals surface area contributed by atoms with E-state index in [2.05, 4.69) is 5.32 Å². The molecule has 1 amide bonds. The van der Waals surface area contributed by atoms with Crippen molar-refractivity contribution in [3.8, 4) is 5.75 Å². The highest BCUT2D eigenvalue weighted by atomic mass is 16.6. The van der Waals surface area contributed by atoms with Gasteiger partial charge in [-0.05, 0) is 51.3 Å². The fourth-order valence-corrected chi connectivity index (χ4v) is 2.67. The third-order valence-electron chi connectivity index (χ3n) is 4.00. The Kier molecular flexibility index (Phi) is 4.54. The SMILES string of the molecule is COc1ccc(C2(C(=O)O)CCC2)cc1NC(=O)OC(C)(C)C. The van der Waals surface area contributed by atoms with Crippen LogP contribution in [0.2, 0.25) is 0 Å². The molecule has 1 aliphatic carbocycles. The van der Waals surface area contributed by atoms with Gasteiger partial charge in [0.25, 0.3) is 0 Å². The summed E-state index contributed by atoms with van der Waals surface area (Å²) in [4.78, 5) is 23.6. The summed E-state index contributed by atoms with van der Waals surface area (Å²) in [5.41, 5.74) is -0.406. The second-order valence-electron chi connectivity index (χ2n) is 6.78. The molecule has 0 unspecified atom stereocenters.